The summed E-state index contributed by atoms with van der Waals surface area (Å²) in [6.07, 6.45) is 5.64. The highest BCUT2D eigenvalue weighted by Gasteiger charge is 2.34. The predicted molar refractivity (Wildman–Crippen MR) is 112 cm³/mol. The van der Waals surface area contributed by atoms with E-state index in [-0.39, 0.29) is 23.2 Å². The van der Waals surface area contributed by atoms with Crippen molar-refractivity contribution in [2.45, 2.75) is 48.7 Å². The van der Waals surface area contributed by atoms with Crippen molar-refractivity contribution >= 4 is 40.1 Å². The lowest BCUT2D eigenvalue weighted by Crippen LogP contribution is -2.50. The lowest BCUT2D eigenvalue weighted by Gasteiger charge is -2.29. The quantitative estimate of drug-likeness (QED) is 0.686. The van der Waals surface area contributed by atoms with E-state index >= 15 is 0 Å². The molecular formula is C18H28ClN3O3S2. The van der Waals surface area contributed by atoms with Crippen molar-refractivity contribution < 1.29 is 13.2 Å². The summed E-state index contributed by atoms with van der Waals surface area (Å²) in [6.45, 7) is 1.36. The van der Waals surface area contributed by atoms with Gasteiger partial charge in [0.25, 0.3) is 0 Å². The Morgan fingerprint density at radius 1 is 1.26 bits per heavy atom. The predicted octanol–water partition coefficient (Wildman–Crippen LogP) is 1.86. The number of likely N-dealkylation sites (tertiary alicyclic amines) is 1. The Balaban J connectivity index is 0.00000261. The molecule has 2 aliphatic heterocycles. The number of nitrogens with one attached hydrogen (secondary N) is 2. The third-order valence-corrected chi connectivity index (χ3v) is 7.23. The number of benzene rings is 1. The Kier molecular flexibility index (Phi) is 8.42. The van der Waals surface area contributed by atoms with Crippen LogP contribution in [0.5, 0.6) is 0 Å². The fraction of sp³-hybridized carbons (Fsp3) is 0.611. The number of halogens is 1. The van der Waals surface area contributed by atoms with E-state index in [1.807, 2.05) is 11.2 Å². The first-order valence-corrected chi connectivity index (χ1v) is 12.0. The zero-order valence-corrected chi connectivity index (χ0v) is 17.9. The summed E-state index contributed by atoms with van der Waals surface area (Å²) in [6, 6.07) is 8.34. The van der Waals surface area contributed by atoms with Gasteiger partial charge < -0.3 is 10.2 Å². The van der Waals surface area contributed by atoms with Crippen molar-refractivity contribution in [3.05, 3.63) is 30.3 Å². The topological polar surface area (TPSA) is 78.5 Å². The average Bonchev–Trinajstić information content (AvgIpc) is 2.97. The molecule has 1 amide bonds. The lowest BCUT2D eigenvalue weighted by molar-refractivity contribution is -0.133. The normalized spacial score (nSPS) is 23.4. The number of amides is 1. The maximum atomic E-state index is 13.1. The summed E-state index contributed by atoms with van der Waals surface area (Å²) in [7, 11) is -3.72. The molecule has 6 nitrogen and oxygen atoms in total. The highest BCUT2D eigenvalue weighted by atomic mass is 35.5. The average molecular weight is 434 g/mol. The van der Waals surface area contributed by atoms with Crippen LogP contribution in [0.2, 0.25) is 0 Å². The Morgan fingerprint density at radius 3 is 2.67 bits per heavy atom. The lowest BCUT2D eigenvalue weighted by atomic mass is 10.1. The van der Waals surface area contributed by atoms with Crippen LogP contribution in [0.1, 0.15) is 25.7 Å². The van der Waals surface area contributed by atoms with Crippen molar-refractivity contribution in [3.63, 3.8) is 0 Å². The van der Waals surface area contributed by atoms with Crippen molar-refractivity contribution in [3.8, 4) is 0 Å². The van der Waals surface area contributed by atoms with Crippen LogP contribution < -0.4 is 10.0 Å². The highest BCUT2D eigenvalue weighted by Crippen LogP contribution is 2.21. The van der Waals surface area contributed by atoms with Gasteiger partial charge in [0.2, 0.25) is 15.9 Å². The third kappa shape index (κ3) is 5.84. The number of hydrogen-bond donors (Lipinski definition) is 2. The zero-order chi connectivity index (χ0) is 18.6. The van der Waals surface area contributed by atoms with Crippen LogP contribution in [0.25, 0.3) is 0 Å². The molecule has 0 saturated carbocycles. The largest absolute Gasteiger partial charge is 0.340 e. The van der Waals surface area contributed by atoms with Crippen LogP contribution in [-0.4, -0.2) is 62.4 Å². The van der Waals surface area contributed by atoms with Crippen LogP contribution >= 0.6 is 24.2 Å². The first-order chi connectivity index (χ1) is 12.5. The van der Waals surface area contributed by atoms with Crippen molar-refractivity contribution in [2.24, 2.45) is 0 Å². The molecule has 0 spiro atoms. The number of rotatable bonds is 7. The molecule has 1 aromatic carbocycles. The molecule has 3 rings (SSSR count). The van der Waals surface area contributed by atoms with E-state index in [2.05, 4.69) is 10.0 Å². The first kappa shape index (κ1) is 22.5. The molecule has 2 heterocycles. The summed E-state index contributed by atoms with van der Waals surface area (Å²) >= 11 is 1.61. The molecular weight excluding hydrogens is 406 g/mol. The summed E-state index contributed by atoms with van der Waals surface area (Å²) in [4.78, 5) is 15.1. The van der Waals surface area contributed by atoms with Gasteiger partial charge in [-0.3, -0.25) is 4.79 Å². The monoisotopic (exact) mass is 433 g/mol. The first-order valence-electron chi connectivity index (χ1n) is 9.11. The molecule has 27 heavy (non-hydrogen) atoms. The van der Waals surface area contributed by atoms with Crippen LogP contribution in [0, 0.1) is 0 Å². The minimum absolute atomic E-state index is 0. The third-order valence-electron chi connectivity index (χ3n) is 5.09. The smallest absolute Gasteiger partial charge is 0.241 e. The number of nitrogens with zero attached hydrogens (tertiary/aromatic N) is 1. The van der Waals surface area contributed by atoms with E-state index < -0.39 is 16.1 Å². The zero-order valence-electron chi connectivity index (χ0n) is 15.5. The SMILES string of the molecule is CSCCC(NS(=O)(=O)c1ccccc1)C(=O)N1CCC2CCC(C1)N2.Cl. The molecule has 152 valence electrons. The fourth-order valence-electron chi connectivity index (χ4n) is 3.69. The van der Waals surface area contributed by atoms with Crippen molar-refractivity contribution in [2.75, 3.05) is 25.1 Å². The Hall–Kier alpha value is -0.800. The molecule has 0 aromatic heterocycles. The van der Waals surface area contributed by atoms with E-state index in [1.54, 1.807) is 42.1 Å². The van der Waals surface area contributed by atoms with Gasteiger partial charge in [-0.2, -0.15) is 16.5 Å². The molecule has 2 aliphatic rings. The summed E-state index contributed by atoms with van der Waals surface area (Å²) < 4.78 is 28.0. The number of fused-ring (bicyclic) bond motifs is 2. The molecule has 2 fully saturated rings. The summed E-state index contributed by atoms with van der Waals surface area (Å²) in [5.74, 6) is 0.624. The fourth-order valence-corrected chi connectivity index (χ4v) is 5.40. The minimum atomic E-state index is -3.72. The second-order valence-corrected chi connectivity index (χ2v) is 9.68. The van der Waals surface area contributed by atoms with E-state index in [0.717, 1.165) is 18.6 Å². The molecule has 0 radical (unpaired) electrons. The van der Waals surface area contributed by atoms with Gasteiger partial charge in [0.1, 0.15) is 6.04 Å². The number of thioether (sulfide) groups is 1. The number of hydrogen-bond acceptors (Lipinski definition) is 5. The van der Waals surface area contributed by atoms with Gasteiger partial charge in [-0.05, 0) is 49.8 Å². The van der Waals surface area contributed by atoms with Gasteiger partial charge in [-0.25, -0.2) is 8.42 Å². The maximum absolute atomic E-state index is 13.1. The second-order valence-electron chi connectivity index (χ2n) is 6.98. The van der Waals surface area contributed by atoms with E-state index in [9.17, 15) is 13.2 Å². The maximum Gasteiger partial charge on any atom is 0.241 e. The van der Waals surface area contributed by atoms with Gasteiger partial charge in [-0.15, -0.1) is 12.4 Å². The van der Waals surface area contributed by atoms with Gasteiger partial charge in [0.05, 0.1) is 4.90 Å². The summed E-state index contributed by atoms with van der Waals surface area (Å²) in [5.41, 5.74) is 0. The standard InChI is InChI=1S/C18H27N3O3S2.ClH/c1-25-12-10-17(20-26(23,24)16-5-3-2-4-6-16)18(22)21-11-9-14-7-8-15(13-21)19-14;/h2-6,14-15,17,19-20H,7-13H2,1H3;1H. The van der Waals surface area contributed by atoms with E-state index in [0.29, 0.717) is 31.6 Å². The molecule has 2 saturated heterocycles. The highest BCUT2D eigenvalue weighted by molar-refractivity contribution is 7.98. The van der Waals surface area contributed by atoms with Crippen LogP contribution in [-0.2, 0) is 14.8 Å². The van der Waals surface area contributed by atoms with Crippen LogP contribution in [0.4, 0.5) is 0 Å². The molecule has 9 heteroatoms. The van der Waals surface area contributed by atoms with E-state index in [4.69, 9.17) is 0 Å². The van der Waals surface area contributed by atoms with Crippen molar-refractivity contribution in [1.82, 2.24) is 14.9 Å². The molecule has 2 N–H and O–H groups in total. The number of carbonyl (C=O) groups excluding carboxylic acids is 1. The Bertz CT molecular complexity index is 718. The summed E-state index contributed by atoms with van der Waals surface area (Å²) in [5, 5.41) is 3.56. The minimum Gasteiger partial charge on any atom is -0.340 e. The van der Waals surface area contributed by atoms with Crippen molar-refractivity contribution in [1.29, 1.82) is 0 Å². The molecule has 3 atom stereocenters. The molecule has 2 bridgehead atoms. The van der Waals surface area contributed by atoms with Crippen LogP contribution in [0.3, 0.4) is 0 Å². The Labute approximate surface area is 172 Å². The molecule has 3 unspecified atom stereocenters. The second kappa shape index (κ2) is 10.1. The molecule has 1 aromatic rings. The Morgan fingerprint density at radius 2 is 1.96 bits per heavy atom. The number of carbonyl (C=O) groups is 1. The van der Waals surface area contributed by atoms with Gasteiger partial charge in [0, 0.05) is 25.2 Å². The van der Waals surface area contributed by atoms with Gasteiger partial charge in [0.15, 0.2) is 0 Å². The van der Waals surface area contributed by atoms with E-state index in [1.165, 1.54) is 6.42 Å². The van der Waals surface area contributed by atoms with Gasteiger partial charge in [-0.1, -0.05) is 18.2 Å². The molecule has 0 aliphatic carbocycles. The van der Waals surface area contributed by atoms with Crippen LogP contribution in [0.15, 0.2) is 35.2 Å². The van der Waals surface area contributed by atoms with Gasteiger partial charge >= 0.3 is 0 Å². The number of sulfonamides is 1.